The summed E-state index contributed by atoms with van der Waals surface area (Å²) in [6.07, 6.45) is 3.06. The molecule has 1 unspecified atom stereocenters. The maximum Gasteiger partial charge on any atom is 0.242 e. The normalized spacial score (nSPS) is 19.1. The van der Waals surface area contributed by atoms with Gasteiger partial charge in [-0.2, -0.15) is 0 Å². The van der Waals surface area contributed by atoms with Crippen LogP contribution in [0.3, 0.4) is 0 Å². The molecule has 1 aliphatic rings. The Labute approximate surface area is 141 Å². The second kappa shape index (κ2) is 7.84. The van der Waals surface area contributed by atoms with Crippen molar-refractivity contribution in [2.75, 3.05) is 26.7 Å². The monoisotopic (exact) mass is 366 g/mol. The molecule has 0 spiro atoms. The summed E-state index contributed by atoms with van der Waals surface area (Å²) in [6, 6.07) is 2.72. The minimum Gasteiger partial charge on any atom is -0.495 e. The SMILES string of the molecule is COc1cc(Cl)c(S(=O)(=O)NCCC2CCCNC2)cc1Cl. The van der Waals surface area contributed by atoms with Gasteiger partial charge in [-0.15, -0.1) is 0 Å². The standard InChI is InChI=1S/C14H20Cl2N2O3S/c1-21-13-7-12(16)14(8-11(13)15)22(19,20)18-6-4-10-3-2-5-17-9-10/h7-8,10,17-18H,2-6,9H2,1H3. The van der Waals surface area contributed by atoms with Crippen molar-refractivity contribution in [3.8, 4) is 5.75 Å². The number of sulfonamides is 1. The van der Waals surface area contributed by atoms with Gasteiger partial charge in [0.15, 0.2) is 0 Å². The number of ether oxygens (including phenoxy) is 1. The fourth-order valence-corrected chi connectivity index (χ4v) is 4.41. The van der Waals surface area contributed by atoms with Gasteiger partial charge in [-0.05, 0) is 44.3 Å². The molecule has 2 rings (SSSR count). The van der Waals surface area contributed by atoms with E-state index in [2.05, 4.69) is 10.0 Å². The van der Waals surface area contributed by atoms with Gasteiger partial charge in [-0.3, -0.25) is 0 Å². The minimum absolute atomic E-state index is 0.0262. The first-order valence-electron chi connectivity index (χ1n) is 7.17. The number of rotatable bonds is 6. The molecule has 0 radical (unpaired) electrons. The number of hydrogen-bond donors (Lipinski definition) is 2. The fraction of sp³-hybridized carbons (Fsp3) is 0.571. The lowest BCUT2D eigenvalue weighted by Crippen LogP contribution is -2.33. The average Bonchev–Trinajstić information content (AvgIpc) is 2.50. The molecule has 0 saturated carbocycles. The summed E-state index contributed by atoms with van der Waals surface area (Å²) >= 11 is 12.0. The van der Waals surface area contributed by atoms with E-state index in [4.69, 9.17) is 27.9 Å². The van der Waals surface area contributed by atoms with Crippen LogP contribution >= 0.6 is 23.2 Å². The molecule has 0 amide bonds. The number of piperidine rings is 1. The van der Waals surface area contributed by atoms with Gasteiger partial charge in [-0.1, -0.05) is 23.2 Å². The Morgan fingerprint density at radius 2 is 2.14 bits per heavy atom. The van der Waals surface area contributed by atoms with Gasteiger partial charge in [0, 0.05) is 12.6 Å². The van der Waals surface area contributed by atoms with E-state index in [1.54, 1.807) is 0 Å². The predicted octanol–water partition coefficient (Wildman–Crippen LogP) is 2.67. The Morgan fingerprint density at radius 1 is 1.36 bits per heavy atom. The van der Waals surface area contributed by atoms with Crippen LogP contribution in [0.1, 0.15) is 19.3 Å². The third kappa shape index (κ3) is 4.49. The van der Waals surface area contributed by atoms with Crippen LogP contribution in [0.15, 0.2) is 17.0 Å². The number of methoxy groups -OCH3 is 1. The average molecular weight is 367 g/mol. The molecule has 0 aromatic heterocycles. The summed E-state index contributed by atoms with van der Waals surface area (Å²) < 4.78 is 32.3. The number of nitrogens with one attached hydrogen (secondary N) is 2. The molecular weight excluding hydrogens is 347 g/mol. The lowest BCUT2D eigenvalue weighted by molar-refractivity contribution is 0.358. The van der Waals surface area contributed by atoms with Crippen LogP contribution < -0.4 is 14.8 Å². The van der Waals surface area contributed by atoms with E-state index in [1.165, 1.54) is 19.2 Å². The smallest absolute Gasteiger partial charge is 0.242 e. The lowest BCUT2D eigenvalue weighted by atomic mass is 9.96. The molecule has 1 fully saturated rings. The second-order valence-electron chi connectivity index (χ2n) is 5.32. The second-order valence-corrected chi connectivity index (χ2v) is 7.87. The lowest BCUT2D eigenvalue weighted by Gasteiger charge is -2.22. The summed E-state index contributed by atoms with van der Waals surface area (Å²) in [7, 11) is -2.23. The highest BCUT2D eigenvalue weighted by atomic mass is 35.5. The van der Waals surface area contributed by atoms with Gasteiger partial charge >= 0.3 is 0 Å². The first-order valence-corrected chi connectivity index (χ1v) is 9.41. The highest BCUT2D eigenvalue weighted by Crippen LogP contribution is 2.33. The van der Waals surface area contributed by atoms with Crippen molar-refractivity contribution in [3.63, 3.8) is 0 Å². The molecular formula is C14H20Cl2N2O3S. The van der Waals surface area contributed by atoms with Crippen LogP contribution in [0.5, 0.6) is 5.75 Å². The Bertz CT molecular complexity index is 617. The fourth-order valence-electron chi connectivity index (χ4n) is 2.52. The van der Waals surface area contributed by atoms with E-state index in [0.29, 0.717) is 18.2 Å². The molecule has 1 saturated heterocycles. The number of benzene rings is 1. The van der Waals surface area contributed by atoms with Crippen molar-refractivity contribution in [3.05, 3.63) is 22.2 Å². The Balaban J connectivity index is 2.02. The van der Waals surface area contributed by atoms with E-state index >= 15 is 0 Å². The first-order chi connectivity index (χ1) is 10.4. The van der Waals surface area contributed by atoms with Crippen LogP contribution in [0.2, 0.25) is 10.0 Å². The zero-order valence-corrected chi connectivity index (χ0v) is 14.7. The predicted molar refractivity (Wildman–Crippen MR) is 88.4 cm³/mol. The molecule has 8 heteroatoms. The molecule has 1 aromatic rings. The molecule has 0 aliphatic carbocycles. The molecule has 1 aliphatic heterocycles. The summed E-state index contributed by atoms with van der Waals surface area (Å²) in [4.78, 5) is -0.0262. The van der Waals surface area contributed by atoms with Gasteiger partial charge in [0.25, 0.3) is 0 Å². The molecule has 5 nitrogen and oxygen atoms in total. The van der Waals surface area contributed by atoms with Crippen molar-refractivity contribution in [1.29, 1.82) is 0 Å². The topological polar surface area (TPSA) is 67.4 Å². The molecule has 1 heterocycles. The first kappa shape index (κ1) is 17.8. The van der Waals surface area contributed by atoms with Crippen molar-refractivity contribution in [2.45, 2.75) is 24.2 Å². The van der Waals surface area contributed by atoms with Crippen molar-refractivity contribution in [2.24, 2.45) is 5.92 Å². The van der Waals surface area contributed by atoms with Gasteiger partial charge in [0.1, 0.15) is 10.6 Å². The Hall–Kier alpha value is -0.530. The van der Waals surface area contributed by atoms with Crippen LogP contribution in [0, 0.1) is 5.92 Å². The van der Waals surface area contributed by atoms with Crippen LogP contribution in [-0.2, 0) is 10.0 Å². The third-order valence-corrected chi connectivity index (χ3v) is 5.96. The highest BCUT2D eigenvalue weighted by Gasteiger charge is 2.21. The zero-order valence-electron chi connectivity index (χ0n) is 12.4. The van der Waals surface area contributed by atoms with Crippen molar-refractivity contribution in [1.82, 2.24) is 10.0 Å². The molecule has 124 valence electrons. The van der Waals surface area contributed by atoms with E-state index in [0.717, 1.165) is 32.4 Å². The molecule has 1 aromatic carbocycles. The molecule has 1 atom stereocenters. The maximum atomic E-state index is 12.3. The minimum atomic E-state index is -3.68. The van der Waals surface area contributed by atoms with E-state index in [1.807, 2.05) is 0 Å². The van der Waals surface area contributed by atoms with Gasteiger partial charge in [0.2, 0.25) is 10.0 Å². The quantitative estimate of drug-likeness (QED) is 0.811. The Kier molecular flexibility index (Phi) is 6.35. The number of halogens is 2. The summed E-state index contributed by atoms with van der Waals surface area (Å²) in [5, 5.41) is 3.62. The zero-order chi connectivity index (χ0) is 16.2. The van der Waals surface area contributed by atoms with Crippen LogP contribution in [0.4, 0.5) is 0 Å². The highest BCUT2D eigenvalue weighted by molar-refractivity contribution is 7.89. The Morgan fingerprint density at radius 3 is 2.77 bits per heavy atom. The van der Waals surface area contributed by atoms with Crippen molar-refractivity contribution < 1.29 is 13.2 Å². The van der Waals surface area contributed by atoms with E-state index in [-0.39, 0.29) is 14.9 Å². The van der Waals surface area contributed by atoms with Crippen molar-refractivity contribution >= 4 is 33.2 Å². The van der Waals surface area contributed by atoms with Crippen LogP contribution in [0.25, 0.3) is 0 Å². The van der Waals surface area contributed by atoms with Crippen LogP contribution in [-0.4, -0.2) is 35.2 Å². The van der Waals surface area contributed by atoms with Gasteiger partial charge in [-0.25, -0.2) is 13.1 Å². The largest absolute Gasteiger partial charge is 0.495 e. The summed E-state index contributed by atoms with van der Waals surface area (Å²) in [5.41, 5.74) is 0. The maximum absolute atomic E-state index is 12.3. The summed E-state index contributed by atoms with van der Waals surface area (Å²) in [5.74, 6) is 0.852. The molecule has 22 heavy (non-hydrogen) atoms. The summed E-state index contributed by atoms with van der Waals surface area (Å²) in [6.45, 7) is 2.37. The van der Waals surface area contributed by atoms with E-state index < -0.39 is 10.0 Å². The third-order valence-electron chi connectivity index (χ3n) is 3.74. The van der Waals surface area contributed by atoms with Gasteiger partial charge in [0.05, 0.1) is 17.2 Å². The molecule has 2 N–H and O–H groups in total. The number of hydrogen-bond acceptors (Lipinski definition) is 4. The molecule has 0 bridgehead atoms. The van der Waals surface area contributed by atoms with E-state index in [9.17, 15) is 8.42 Å². The van der Waals surface area contributed by atoms with Gasteiger partial charge < -0.3 is 10.1 Å².